The number of aliphatic hydroxyl groups excluding tert-OH is 1. The minimum Gasteiger partial charge on any atom is -0.390 e. The molecule has 5 nitrogen and oxygen atoms in total. The first-order valence-electron chi connectivity index (χ1n) is 4.88. The zero-order valence-electron chi connectivity index (χ0n) is 9.11. The molecule has 1 atom stereocenters. The van der Waals surface area contributed by atoms with Crippen molar-refractivity contribution in [2.45, 2.75) is 13.0 Å². The minimum absolute atomic E-state index is 0.0235. The summed E-state index contributed by atoms with van der Waals surface area (Å²) in [6.45, 7) is 1.90. The van der Waals surface area contributed by atoms with Gasteiger partial charge in [-0.15, -0.1) is 11.6 Å². The van der Waals surface area contributed by atoms with Crippen LogP contribution in [0.15, 0.2) is 16.6 Å². The fraction of sp³-hybridized carbons (Fsp3) is 0.400. The zero-order valence-corrected chi connectivity index (χ0v) is 11.5. The fourth-order valence-corrected chi connectivity index (χ4v) is 2.05. The van der Waals surface area contributed by atoms with Crippen LogP contribution in [0.3, 0.4) is 0 Å². The first-order valence-corrected chi connectivity index (χ1v) is 6.21. The number of nitro benzene ring substituents is 1. The molecule has 0 saturated carbocycles. The van der Waals surface area contributed by atoms with Crippen LogP contribution in [-0.4, -0.2) is 28.6 Å². The standard InChI is InChI=1S/C10H12BrClN2O3/c1-6-9(13-5-7(15)4-12)3-2-8(11)10(6)14(16)17/h2-3,7,13,15H,4-5H2,1H3. The average molecular weight is 324 g/mol. The molecular weight excluding hydrogens is 311 g/mol. The molecule has 0 aliphatic carbocycles. The van der Waals surface area contributed by atoms with E-state index < -0.39 is 11.0 Å². The first-order chi connectivity index (χ1) is 7.97. The molecule has 0 aliphatic heterocycles. The van der Waals surface area contributed by atoms with Gasteiger partial charge in [0.1, 0.15) is 0 Å². The van der Waals surface area contributed by atoms with Gasteiger partial charge in [0.25, 0.3) is 5.69 Å². The maximum Gasteiger partial charge on any atom is 0.288 e. The van der Waals surface area contributed by atoms with Crippen molar-refractivity contribution >= 4 is 38.9 Å². The van der Waals surface area contributed by atoms with Gasteiger partial charge in [0.2, 0.25) is 0 Å². The van der Waals surface area contributed by atoms with Gasteiger partial charge < -0.3 is 10.4 Å². The number of anilines is 1. The molecule has 0 aromatic heterocycles. The Hall–Kier alpha value is -0.850. The second-order valence-corrected chi connectivity index (χ2v) is 4.68. The highest BCUT2D eigenvalue weighted by Gasteiger charge is 2.18. The predicted octanol–water partition coefficient (Wildman–Crippen LogP) is 2.68. The minimum atomic E-state index is -0.682. The smallest absolute Gasteiger partial charge is 0.288 e. The van der Waals surface area contributed by atoms with Crippen LogP contribution in [0.25, 0.3) is 0 Å². The maximum absolute atomic E-state index is 10.9. The molecular formula is C10H12BrClN2O3. The largest absolute Gasteiger partial charge is 0.390 e. The maximum atomic E-state index is 10.9. The summed E-state index contributed by atoms with van der Waals surface area (Å²) in [4.78, 5) is 10.4. The Labute approximate surface area is 112 Å². The normalized spacial score (nSPS) is 12.2. The van der Waals surface area contributed by atoms with Gasteiger partial charge in [-0.3, -0.25) is 10.1 Å². The Balaban J connectivity index is 2.95. The van der Waals surface area contributed by atoms with Gasteiger partial charge in [-0.25, -0.2) is 0 Å². The third-order valence-corrected chi connectivity index (χ3v) is 3.27. The molecule has 0 saturated heterocycles. The van der Waals surface area contributed by atoms with Crippen molar-refractivity contribution in [1.29, 1.82) is 0 Å². The SMILES string of the molecule is Cc1c(NCC(O)CCl)ccc(Br)c1[N+](=O)[O-]. The van der Waals surface area contributed by atoms with Gasteiger partial charge in [0.15, 0.2) is 0 Å². The molecule has 0 aliphatic rings. The highest BCUT2D eigenvalue weighted by Crippen LogP contribution is 2.33. The van der Waals surface area contributed by atoms with Crippen LogP contribution in [-0.2, 0) is 0 Å². The van der Waals surface area contributed by atoms with Crippen molar-refractivity contribution in [3.05, 3.63) is 32.3 Å². The van der Waals surface area contributed by atoms with E-state index in [4.69, 9.17) is 11.6 Å². The molecule has 1 unspecified atom stereocenters. The number of nitro groups is 1. The number of aliphatic hydroxyl groups is 1. The molecule has 0 spiro atoms. The average Bonchev–Trinajstić information content (AvgIpc) is 2.27. The van der Waals surface area contributed by atoms with E-state index in [2.05, 4.69) is 21.2 Å². The number of nitrogens with one attached hydrogen (secondary N) is 1. The predicted molar refractivity (Wildman–Crippen MR) is 70.7 cm³/mol. The monoisotopic (exact) mass is 322 g/mol. The van der Waals surface area contributed by atoms with E-state index >= 15 is 0 Å². The van der Waals surface area contributed by atoms with E-state index in [0.29, 0.717) is 15.7 Å². The lowest BCUT2D eigenvalue weighted by Crippen LogP contribution is -2.21. The Kier molecular flexibility index (Phi) is 5.17. The number of benzene rings is 1. The van der Waals surface area contributed by atoms with Crippen molar-refractivity contribution in [2.24, 2.45) is 0 Å². The molecule has 1 aromatic rings. The van der Waals surface area contributed by atoms with E-state index in [1.165, 1.54) is 0 Å². The Morgan fingerprint density at radius 1 is 1.65 bits per heavy atom. The van der Waals surface area contributed by atoms with Crippen molar-refractivity contribution in [3.63, 3.8) is 0 Å². The molecule has 0 heterocycles. The molecule has 0 bridgehead atoms. The van der Waals surface area contributed by atoms with Crippen molar-refractivity contribution in [2.75, 3.05) is 17.7 Å². The number of hydrogen-bond donors (Lipinski definition) is 2. The summed E-state index contributed by atoms with van der Waals surface area (Å²) in [7, 11) is 0. The highest BCUT2D eigenvalue weighted by atomic mass is 79.9. The lowest BCUT2D eigenvalue weighted by Gasteiger charge is -2.12. The molecule has 0 radical (unpaired) electrons. The molecule has 7 heteroatoms. The topological polar surface area (TPSA) is 75.4 Å². The van der Waals surface area contributed by atoms with Crippen molar-refractivity contribution in [3.8, 4) is 0 Å². The summed E-state index contributed by atoms with van der Waals surface area (Å²) in [5.41, 5.74) is 1.16. The van der Waals surface area contributed by atoms with Crippen LogP contribution >= 0.6 is 27.5 Å². The second-order valence-electron chi connectivity index (χ2n) is 3.51. The van der Waals surface area contributed by atoms with Crippen LogP contribution in [0, 0.1) is 17.0 Å². The number of rotatable bonds is 5. The summed E-state index contributed by atoms with van der Waals surface area (Å²) < 4.78 is 0.434. The van der Waals surface area contributed by atoms with Crippen molar-refractivity contribution < 1.29 is 10.0 Å². The highest BCUT2D eigenvalue weighted by molar-refractivity contribution is 9.10. The van der Waals surface area contributed by atoms with E-state index in [9.17, 15) is 15.2 Å². The van der Waals surface area contributed by atoms with Gasteiger partial charge in [-0.05, 0) is 35.0 Å². The Bertz CT molecular complexity index is 428. The van der Waals surface area contributed by atoms with Crippen LogP contribution in [0.5, 0.6) is 0 Å². The molecule has 17 heavy (non-hydrogen) atoms. The van der Waals surface area contributed by atoms with Crippen LogP contribution < -0.4 is 5.32 Å². The summed E-state index contributed by atoms with van der Waals surface area (Å²) in [5.74, 6) is 0.116. The van der Waals surface area contributed by atoms with E-state index in [0.717, 1.165) is 0 Å². The van der Waals surface area contributed by atoms with E-state index in [-0.39, 0.29) is 18.1 Å². The van der Waals surface area contributed by atoms with Gasteiger partial charge in [0.05, 0.1) is 26.9 Å². The second kappa shape index (κ2) is 6.18. The quantitative estimate of drug-likeness (QED) is 0.496. The van der Waals surface area contributed by atoms with Crippen LogP contribution in [0.1, 0.15) is 5.56 Å². The Morgan fingerprint density at radius 3 is 2.82 bits per heavy atom. The Morgan fingerprint density at radius 2 is 2.29 bits per heavy atom. The fourth-order valence-electron chi connectivity index (χ4n) is 1.37. The van der Waals surface area contributed by atoms with Gasteiger partial charge in [-0.1, -0.05) is 0 Å². The molecule has 94 valence electrons. The molecule has 1 aromatic carbocycles. The van der Waals surface area contributed by atoms with E-state index in [1.807, 2.05) is 0 Å². The lowest BCUT2D eigenvalue weighted by atomic mass is 10.1. The molecule has 0 amide bonds. The van der Waals surface area contributed by atoms with Crippen molar-refractivity contribution in [1.82, 2.24) is 0 Å². The van der Waals surface area contributed by atoms with Gasteiger partial charge in [-0.2, -0.15) is 0 Å². The van der Waals surface area contributed by atoms with Gasteiger partial charge >= 0.3 is 0 Å². The van der Waals surface area contributed by atoms with Crippen LogP contribution in [0.4, 0.5) is 11.4 Å². The zero-order chi connectivity index (χ0) is 13.0. The van der Waals surface area contributed by atoms with Crippen LogP contribution in [0.2, 0.25) is 0 Å². The summed E-state index contributed by atoms with van der Waals surface area (Å²) in [6, 6.07) is 3.31. The number of alkyl halides is 1. The first kappa shape index (κ1) is 14.2. The third kappa shape index (κ3) is 3.55. The van der Waals surface area contributed by atoms with E-state index in [1.54, 1.807) is 19.1 Å². The molecule has 2 N–H and O–H groups in total. The van der Waals surface area contributed by atoms with Gasteiger partial charge in [0, 0.05) is 12.2 Å². The summed E-state index contributed by atoms with van der Waals surface area (Å²) in [5, 5.41) is 23.1. The molecule has 1 rings (SSSR count). The number of halogens is 2. The third-order valence-electron chi connectivity index (χ3n) is 2.27. The lowest BCUT2D eigenvalue weighted by molar-refractivity contribution is -0.386. The number of hydrogen-bond acceptors (Lipinski definition) is 4. The molecule has 0 fully saturated rings. The number of nitrogens with zero attached hydrogens (tertiary/aromatic N) is 1. The summed E-state index contributed by atoms with van der Waals surface area (Å²) >= 11 is 8.59. The summed E-state index contributed by atoms with van der Waals surface area (Å²) in [6.07, 6.45) is -0.682.